The summed E-state index contributed by atoms with van der Waals surface area (Å²) in [5, 5.41) is 3.00. The van der Waals surface area contributed by atoms with Crippen molar-refractivity contribution in [3.8, 4) is 0 Å². The summed E-state index contributed by atoms with van der Waals surface area (Å²) in [4.78, 5) is 40.0. The Hall–Kier alpha value is -3.36. The fourth-order valence-electron chi connectivity index (χ4n) is 4.21. The van der Waals surface area contributed by atoms with Gasteiger partial charge in [-0.25, -0.2) is 24.9 Å². The number of aromatic nitrogens is 5. The Morgan fingerprint density at radius 3 is 2.70 bits per heavy atom. The number of pyridine rings is 1. The van der Waals surface area contributed by atoms with Gasteiger partial charge in [0.2, 0.25) is 5.95 Å². The van der Waals surface area contributed by atoms with Gasteiger partial charge in [-0.2, -0.15) is 0 Å². The molecule has 0 bridgehead atoms. The van der Waals surface area contributed by atoms with Crippen LogP contribution in [0.25, 0.3) is 11.0 Å². The van der Waals surface area contributed by atoms with Crippen LogP contribution >= 0.6 is 0 Å². The summed E-state index contributed by atoms with van der Waals surface area (Å²) in [6.07, 6.45) is 4.37. The van der Waals surface area contributed by atoms with Crippen LogP contribution in [0.4, 0.5) is 11.8 Å². The van der Waals surface area contributed by atoms with Crippen LogP contribution in [-0.4, -0.2) is 62.4 Å². The maximum Gasteiger partial charge on any atom is 0.273 e. The van der Waals surface area contributed by atoms with E-state index < -0.39 is 0 Å². The second-order valence-corrected chi connectivity index (χ2v) is 7.76. The van der Waals surface area contributed by atoms with E-state index in [9.17, 15) is 4.79 Å². The standard InChI is InChI=1S/C21H24N8O/c1-13-5-6-16-18(25-13)19(24-12-23-16)29-10-7-15-14(11-29)17(27-21(22-2)26-15)20(30)28-8-3-4-9-28/h5-6,12H,3-4,7-11H2,1-2H3,(H,22,26,27). The van der Waals surface area contributed by atoms with Crippen LogP contribution in [0.15, 0.2) is 18.5 Å². The summed E-state index contributed by atoms with van der Waals surface area (Å²) in [5.74, 6) is 1.27. The quantitative estimate of drug-likeness (QED) is 0.707. The van der Waals surface area contributed by atoms with E-state index in [2.05, 4.69) is 35.1 Å². The lowest BCUT2D eigenvalue weighted by Crippen LogP contribution is -2.36. The molecule has 0 radical (unpaired) electrons. The molecule has 0 atom stereocenters. The lowest BCUT2D eigenvalue weighted by molar-refractivity contribution is 0.0785. The molecule has 0 aromatic carbocycles. The minimum atomic E-state index is -0.00832. The minimum absolute atomic E-state index is 0.00832. The Morgan fingerprint density at radius 2 is 1.90 bits per heavy atom. The highest BCUT2D eigenvalue weighted by atomic mass is 16.2. The first-order valence-corrected chi connectivity index (χ1v) is 10.3. The van der Waals surface area contributed by atoms with E-state index in [1.807, 2.05) is 24.0 Å². The van der Waals surface area contributed by atoms with Crippen molar-refractivity contribution in [2.24, 2.45) is 0 Å². The van der Waals surface area contributed by atoms with E-state index in [0.717, 1.165) is 66.3 Å². The Morgan fingerprint density at radius 1 is 1.07 bits per heavy atom. The molecule has 1 N–H and O–H groups in total. The Balaban J connectivity index is 1.56. The van der Waals surface area contributed by atoms with Crippen LogP contribution in [-0.2, 0) is 13.0 Å². The molecule has 1 fully saturated rings. The fraction of sp³-hybridized carbons (Fsp3) is 0.429. The molecule has 3 aromatic heterocycles. The number of fused-ring (bicyclic) bond motifs is 2. The third-order valence-corrected chi connectivity index (χ3v) is 5.78. The zero-order chi connectivity index (χ0) is 20.7. The lowest BCUT2D eigenvalue weighted by Gasteiger charge is -2.31. The molecule has 2 aliphatic heterocycles. The van der Waals surface area contributed by atoms with E-state index in [4.69, 9.17) is 0 Å². The van der Waals surface area contributed by atoms with Gasteiger partial charge in [0.1, 0.15) is 17.5 Å². The van der Waals surface area contributed by atoms with Crippen molar-refractivity contribution in [3.05, 3.63) is 41.1 Å². The number of hydrogen-bond donors (Lipinski definition) is 1. The Bertz CT molecular complexity index is 1130. The molecule has 0 spiro atoms. The Labute approximate surface area is 174 Å². The number of likely N-dealkylation sites (tertiary alicyclic amines) is 1. The van der Waals surface area contributed by atoms with Gasteiger partial charge in [0.05, 0.1) is 11.2 Å². The highest BCUT2D eigenvalue weighted by Gasteiger charge is 2.30. The van der Waals surface area contributed by atoms with E-state index >= 15 is 0 Å². The van der Waals surface area contributed by atoms with Crippen molar-refractivity contribution >= 4 is 28.7 Å². The minimum Gasteiger partial charge on any atom is -0.357 e. The van der Waals surface area contributed by atoms with E-state index in [1.54, 1.807) is 13.4 Å². The molecule has 0 saturated carbocycles. The first kappa shape index (κ1) is 18.7. The smallest absolute Gasteiger partial charge is 0.273 e. The van der Waals surface area contributed by atoms with Gasteiger partial charge in [-0.1, -0.05) is 0 Å². The highest BCUT2D eigenvalue weighted by molar-refractivity contribution is 5.95. The monoisotopic (exact) mass is 404 g/mol. The van der Waals surface area contributed by atoms with Crippen molar-refractivity contribution < 1.29 is 4.79 Å². The largest absolute Gasteiger partial charge is 0.357 e. The van der Waals surface area contributed by atoms with Crippen LogP contribution in [0.2, 0.25) is 0 Å². The molecule has 154 valence electrons. The first-order valence-electron chi connectivity index (χ1n) is 10.3. The molecule has 2 aliphatic rings. The normalized spacial score (nSPS) is 16.1. The number of rotatable bonds is 3. The molecule has 1 amide bonds. The number of aryl methyl sites for hydroxylation is 1. The van der Waals surface area contributed by atoms with Crippen LogP contribution in [0.3, 0.4) is 0 Å². The van der Waals surface area contributed by atoms with Crippen LogP contribution < -0.4 is 10.2 Å². The Kier molecular flexibility index (Phi) is 4.65. The number of nitrogens with one attached hydrogen (secondary N) is 1. The number of amides is 1. The van der Waals surface area contributed by atoms with E-state index in [-0.39, 0.29) is 5.91 Å². The number of carbonyl (C=O) groups excluding carboxylic acids is 1. The molecule has 1 saturated heterocycles. The maximum atomic E-state index is 13.2. The van der Waals surface area contributed by atoms with Crippen molar-refractivity contribution in [3.63, 3.8) is 0 Å². The lowest BCUT2D eigenvalue weighted by atomic mass is 10.0. The zero-order valence-electron chi connectivity index (χ0n) is 17.2. The van der Waals surface area contributed by atoms with Gasteiger partial charge >= 0.3 is 0 Å². The molecular formula is C21H24N8O. The van der Waals surface area contributed by atoms with Crippen molar-refractivity contribution in [2.75, 3.05) is 36.9 Å². The first-order chi connectivity index (χ1) is 14.6. The summed E-state index contributed by atoms with van der Waals surface area (Å²) in [6, 6.07) is 3.91. The van der Waals surface area contributed by atoms with Crippen LogP contribution in [0.5, 0.6) is 0 Å². The van der Waals surface area contributed by atoms with Crippen LogP contribution in [0, 0.1) is 6.92 Å². The van der Waals surface area contributed by atoms with Gasteiger partial charge in [-0.3, -0.25) is 4.79 Å². The molecule has 0 aliphatic carbocycles. The molecule has 9 heteroatoms. The average molecular weight is 404 g/mol. The molecule has 5 heterocycles. The average Bonchev–Trinajstić information content (AvgIpc) is 3.32. The van der Waals surface area contributed by atoms with Crippen LogP contribution in [0.1, 0.15) is 40.3 Å². The van der Waals surface area contributed by atoms with E-state index in [0.29, 0.717) is 24.6 Å². The third kappa shape index (κ3) is 3.20. The molecule has 0 unspecified atom stereocenters. The molecule has 5 rings (SSSR count). The summed E-state index contributed by atoms with van der Waals surface area (Å²) in [7, 11) is 1.78. The van der Waals surface area contributed by atoms with E-state index in [1.165, 1.54) is 0 Å². The predicted molar refractivity (Wildman–Crippen MR) is 114 cm³/mol. The highest BCUT2D eigenvalue weighted by Crippen LogP contribution is 2.29. The molecule has 3 aromatic rings. The second kappa shape index (κ2) is 7.47. The van der Waals surface area contributed by atoms with Crippen molar-refractivity contribution in [2.45, 2.75) is 32.7 Å². The maximum absolute atomic E-state index is 13.2. The molecular weight excluding hydrogens is 380 g/mol. The summed E-state index contributed by atoms with van der Waals surface area (Å²) >= 11 is 0. The molecule has 9 nitrogen and oxygen atoms in total. The number of hydrogen-bond acceptors (Lipinski definition) is 8. The van der Waals surface area contributed by atoms with Gasteiger partial charge in [0.15, 0.2) is 5.82 Å². The summed E-state index contributed by atoms with van der Waals surface area (Å²) < 4.78 is 0. The number of anilines is 2. The summed E-state index contributed by atoms with van der Waals surface area (Å²) in [6.45, 7) is 4.80. The fourth-order valence-corrected chi connectivity index (χ4v) is 4.21. The SMILES string of the molecule is CNc1nc2c(c(C(=O)N3CCCC3)n1)CN(c1ncnc3ccc(C)nc13)CC2. The zero-order valence-corrected chi connectivity index (χ0v) is 17.2. The topological polar surface area (TPSA) is 100 Å². The predicted octanol–water partition coefficient (Wildman–Crippen LogP) is 1.96. The van der Waals surface area contributed by atoms with Gasteiger partial charge < -0.3 is 15.1 Å². The third-order valence-electron chi connectivity index (χ3n) is 5.78. The number of carbonyl (C=O) groups is 1. The molecule has 30 heavy (non-hydrogen) atoms. The van der Waals surface area contributed by atoms with Crippen molar-refractivity contribution in [1.82, 2.24) is 29.8 Å². The van der Waals surface area contributed by atoms with Gasteiger partial charge in [-0.15, -0.1) is 0 Å². The van der Waals surface area contributed by atoms with Gasteiger partial charge in [0, 0.05) is 50.9 Å². The van der Waals surface area contributed by atoms with Gasteiger partial charge in [-0.05, 0) is 31.9 Å². The number of nitrogens with zero attached hydrogens (tertiary/aromatic N) is 7. The second-order valence-electron chi connectivity index (χ2n) is 7.76. The van der Waals surface area contributed by atoms with Crippen molar-refractivity contribution in [1.29, 1.82) is 0 Å². The van der Waals surface area contributed by atoms with Gasteiger partial charge in [0.25, 0.3) is 5.91 Å². The summed E-state index contributed by atoms with van der Waals surface area (Å²) in [5.41, 5.74) is 4.82.